The van der Waals surface area contributed by atoms with Crippen LogP contribution in [-0.2, 0) is 0 Å². The standard InChI is InChI=1S/C7H13N/c1-2-6-4-7(3-1)8-5-6/h6-8H,1-5H2. The summed E-state index contributed by atoms with van der Waals surface area (Å²) in [6.07, 6.45) is 5.88. The van der Waals surface area contributed by atoms with E-state index in [1.54, 1.807) is 0 Å². The van der Waals surface area contributed by atoms with E-state index in [1.165, 1.54) is 32.2 Å². The average molecular weight is 111 g/mol. The molecular weight excluding hydrogens is 98.1 g/mol. The fraction of sp³-hybridized carbons (Fsp3) is 1.00. The lowest BCUT2D eigenvalue weighted by Gasteiger charge is -2.15. The molecule has 1 N–H and O–H groups in total. The molecule has 1 nitrogen and oxygen atoms in total. The first-order valence-electron chi connectivity index (χ1n) is 3.68. The van der Waals surface area contributed by atoms with Crippen molar-refractivity contribution in [1.29, 1.82) is 0 Å². The molecule has 2 aliphatic rings. The number of hydrogen-bond donors (Lipinski definition) is 1. The summed E-state index contributed by atoms with van der Waals surface area (Å²) in [4.78, 5) is 0. The van der Waals surface area contributed by atoms with Crippen molar-refractivity contribution in [3.63, 3.8) is 0 Å². The minimum Gasteiger partial charge on any atom is -0.314 e. The Kier molecular flexibility index (Phi) is 1.04. The average Bonchev–Trinajstić information content (AvgIpc) is 2.12. The number of hydrogen-bond acceptors (Lipinski definition) is 1. The smallest absolute Gasteiger partial charge is 0.00702 e. The Balaban J connectivity index is 2.03. The van der Waals surface area contributed by atoms with Gasteiger partial charge in [0, 0.05) is 6.04 Å². The molecule has 0 spiro atoms. The van der Waals surface area contributed by atoms with Crippen LogP contribution in [0.2, 0.25) is 0 Å². The Morgan fingerprint density at radius 1 is 1.25 bits per heavy atom. The highest BCUT2D eigenvalue weighted by molar-refractivity contribution is 4.85. The lowest BCUT2D eigenvalue weighted by Crippen LogP contribution is -2.20. The van der Waals surface area contributed by atoms with Crippen LogP contribution in [0.1, 0.15) is 25.7 Å². The second kappa shape index (κ2) is 1.73. The molecule has 1 aliphatic heterocycles. The fourth-order valence-electron chi connectivity index (χ4n) is 2.00. The molecule has 2 bridgehead atoms. The third-order valence-corrected chi connectivity index (χ3v) is 2.48. The molecule has 0 amide bonds. The van der Waals surface area contributed by atoms with Gasteiger partial charge in [-0.25, -0.2) is 0 Å². The highest BCUT2D eigenvalue weighted by Gasteiger charge is 2.27. The van der Waals surface area contributed by atoms with E-state index in [0.29, 0.717) is 0 Å². The van der Waals surface area contributed by atoms with Gasteiger partial charge in [-0.15, -0.1) is 0 Å². The SMILES string of the molecule is C1CC2CNC(C1)C2. The highest BCUT2D eigenvalue weighted by atomic mass is 15.0. The normalized spacial score (nSPS) is 45.0. The Labute approximate surface area is 50.5 Å². The van der Waals surface area contributed by atoms with Crippen LogP contribution >= 0.6 is 0 Å². The summed E-state index contributed by atoms with van der Waals surface area (Å²) >= 11 is 0. The number of nitrogens with one attached hydrogen (secondary N) is 1. The Hall–Kier alpha value is -0.0400. The minimum absolute atomic E-state index is 0.911. The third-order valence-electron chi connectivity index (χ3n) is 2.48. The molecule has 46 valence electrons. The summed E-state index contributed by atoms with van der Waals surface area (Å²) in [5, 5.41) is 3.52. The van der Waals surface area contributed by atoms with E-state index in [2.05, 4.69) is 5.32 Å². The zero-order valence-corrected chi connectivity index (χ0v) is 5.19. The van der Waals surface area contributed by atoms with E-state index in [0.717, 1.165) is 12.0 Å². The van der Waals surface area contributed by atoms with Gasteiger partial charge in [0.15, 0.2) is 0 Å². The molecule has 1 aliphatic carbocycles. The van der Waals surface area contributed by atoms with Gasteiger partial charge >= 0.3 is 0 Å². The topological polar surface area (TPSA) is 12.0 Å². The van der Waals surface area contributed by atoms with Gasteiger partial charge in [0.1, 0.15) is 0 Å². The molecule has 0 radical (unpaired) electrons. The summed E-state index contributed by atoms with van der Waals surface area (Å²) < 4.78 is 0. The number of rotatable bonds is 0. The van der Waals surface area contributed by atoms with Crippen molar-refractivity contribution in [1.82, 2.24) is 5.32 Å². The van der Waals surface area contributed by atoms with Crippen molar-refractivity contribution in [3.8, 4) is 0 Å². The van der Waals surface area contributed by atoms with Gasteiger partial charge in [0.05, 0.1) is 0 Å². The molecular formula is C7H13N. The molecule has 2 rings (SSSR count). The number of fused-ring (bicyclic) bond motifs is 2. The van der Waals surface area contributed by atoms with Crippen LogP contribution in [0.15, 0.2) is 0 Å². The van der Waals surface area contributed by atoms with Crippen molar-refractivity contribution in [2.75, 3.05) is 6.54 Å². The van der Waals surface area contributed by atoms with Crippen molar-refractivity contribution in [2.24, 2.45) is 5.92 Å². The van der Waals surface area contributed by atoms with Crippen molar-refractivity contribution in [3.05, 3.63) is 0 Å². The van der Waals surface area contributed by atoms with Crippen molar-refractivity contribution in [2.45, 2.75) is 31.7 Å². The summed E-state index contributed by atoms with van der Waals surface area (Å²) in [6.45, 7) is 1.31. The molecule has 8 heavy (non-hydrogen) atoms. The highest BCUT2D eigenvalue weighted by Crippen LogP contribution is 2.28. The molecule has 2 unspecified atom stereocenters. The van der Waals surface area contributed by atoms with E-state index in [4.69, 9.17) is 0 Å². The first-order chi connectivity index (χ1) is 3.95. The molecule has 1 saturated heterocycles. The second-order valence-corrected chi connectivity index (χ2v) is 3.14. The Morgan fingerprint density at radius 3 is 3.00 bits per heavy atom. The van der Waals surface area contributed by atoms with Crippen LogP contribution < -0.4 is 5.32 Å². The van der Waals surface area contributed by atoms with Gasteiger partial charge in [-0.2, -0.15) is 0 Å². The van der Waals surface area contributed by atoms with Gasteiger partial charge in [-0.1, -0.05) is 6.42 Å². The maximum atomic E-state index is 3.52. The molecule has 0 aromatic carbocycles. The Morgan fingerprint density at radius 2 is 2.25 bits per heavy atom. The minimum atomic E-state index is 0.911. The van der Waals surface area contributed by atoms with E-state index >= 15 is 0 Å². The van der Waals surface area contributed by atoms with Crippen molar-refractivity contribution < 1.29 is 0 Å². The first-order valence-corrected chi connectivity index (χ1v) is 3.68. The predicted octanol–water partition coefficient (Wildman–Crippen LogP) is 1.15. The molecule has 0 aromatic heterocycles. The quantitative estimate of drug-likeness (QED) is 0.494. The van der Waals surface area contributed by atoms with E-state index in [1.807, 2.05) is 0 Å². The lowest BCUT2D eigenvalue weighted by atomic mass is 9.91. The fourth-order valence-corrected chi connectivity index (χ4v) is 2.00. The summed E-state index contributed by atoms with van der Waals surface area (Å²) in [5.41, 5.74) is 0. The van der Waals surface area contributed by atoms with Crippen LogP contribution in [0, 0.1) is 5.92 Å². The maximum Gasteiger partial charge on any atom is 0.00702 e. The maximum absolute atomic E-state index is 3.52. The van der Waals surface area contributed by atoms with E-state index in [-0.39, 0.29) is 0 Å². The third kappa shape index (κ3) is 0.655. The van der Waals surface area contributed by atoms with Gasteiger partial charge in [0.2, 0.25) is 0 Å². The first kappa shape index (κ1) is 4.80. The summed E-state index contributed by atoms with van der Waals surface area (Å²) in [6, 6.07) is 0.911. The zero-order valence-electron chi connectivity index (χ0n) is 5.19. The van der Waals surface area contributed by atoms with Crippen LogP contribution in [0.5, 0.6) is 0 Å². The molecule has 1 heteroatoms. The molecule has 2 fully saturated rings. The monoisotopic (exact) mass is 111 g/mol. The van der Waals surface area contributed by atoms with Gasteiger partial charge < -0.3 is 5.32 Å². The zero-order chi connectivity index (χ0) is 5.40. The molecule has 1 heterocycles. The summed E-state index contributed by atoms with van der Waals surface area (Å²) in [7, 11) is 0. The van der Waals surface area contributed by atoms with E-state index < -0.39 is 0 Å². The molecule has 1 saturated carbocycles. The van der Waals surface area contributed by atoms with Crippen LogP contribution in [0.4, 0.5) is 0 Å². The molecule has 2 atom stereocenters. The van der Waals surface area contributed by atoms with Crippen molar-refractivity contribution >= 4 is 0 Å². The van der Waals surface area contributed by atoms with Gasteiger partial charge in [0.25, 0.3) is 0 Å². The van der Waals surface area contributed by atoms with E-state index in [9.17, 15) is 0 Å². The Bertz CT molecular complexity index is 76.4. The largest absolute Gasteiger partial charge is 0.314 e. The van der Waals surface area contributed by atoms with Crippen LogP contribution in [-0.4, -0.2) is 12.6 Å². The summed E-state index contributed by atoms with van der Waals surface area (Å²) in [5.74, 6) is 1.05. The van der Waals surface area contributed by atoms with Gasteiger partial charge in [-0.3, -0.25) is 0 Å². The van der Waals surface area contributed by atoms with Gasteiger partial charge in [-0.05, 0) is 31.7 Å². The molecule has 0 aromatic rings. The predicted molar refractivity (Wildman–Crippen MR) is 33.7 cm³/mol. The lowest BCUT2D eigenvalue weighted by molar-refractivity contribution is 0.410. The second-order valence-electron chi connectivity index (χ2n) is 3.14. The van der Waals surface area contributed by atoms with Crippen LogP contribution in [0.3, 0.4) is 0 Å². The van der Waals surface area contributed by atoms with Crippen LogP contribution in [0.25, 0.3) is 0 Å².